The van der Waals surface area contributed by atoms with Crippen LogP contribution in [0.5, 0.6) is 0 Å². The molecule has 4 bridgehead atoms. The number of aliphatic hydroxyl groups is 2. The Labute approximate surface area is 101 Å². The van der Waals surface area contributed by atoms with Crippen LogP contribution < -0.4 is 0 Å². The quantitative estimate of drug-likeness (QED) is 0.676. The topological polar surface area (TPSA) is 77.8 Å². The smallest absolute Gasteiger partial charge is 0.306 e. The Morgan fingerprint density at radius 2 is 1.65 bits per heavy atom. The average molecular weight is 240 g/mol. The molecule has 0 aromatic rings. The van der Waals surface area contributed by atoms with Crippen molar-refractivity contribution in [2.45, 2.75) is 56.7 Å². The van der Waals surface area contributed by atoms with Crippen LogP contribution >= 0.6 is 0 Å². The molecule has 4 aliphatic rings. The molecule has 4 heteroatoms. The monoisotopic (exact) mass is 240 g/mol. The van der Waals surface area contributed by atoms with Crippen molar-refractivity contribution in [3.63, 3.8) is 0 Å². The van der Waals surface area contributed by atoms with Gasteiger partial charge in [-0.25, -0.2) is 0 Å². The number of carboxylic acids is 1. The van der Waals surface area contributed by atoms with E-state index in [1.54, 1.807) is 6.92 Å². The Hall–Kier alpha value is -0.610. The molecule has 0 spiro atoms. The normalized spacial score (nSPS) is 53.7. The summed E-state index contributed by atoms with van der Waals surface area (Å²) in [5.41, 5.74) is -2.04. The van der Waals surface area contributed by atoms with Crippen LogP contribution in [0.4, 0.5) is 0 Å². The summed E-state index contributed by atoms with van der Waals surface area (Å²) >= 11 is 0. The Kier molecular flexibility index (Phi) is 2.05. The van der Waals surface area contributed by atoms with E-state index in [9.17, 15) is 20.1 Å². The lowest BCUT2D eigenvalue weighted by Crippen LogP contribution is -2.65. The van der Waals surface area contributed by atoms with Crippen LogP contribution in [0.15, 0.2) is 0 Å². The molecule has 3 atom stereocenters. The molecule has 0 amide bonds. The number of aliphatic carboxylic acids is 1. The molecule has 2 unspecified atom stereocenters. The molecule has 0 aromatic heterocycles. The Morgan fingerprint density at radius 1 is 1.12 bits per heavy atom. The van der Waals surface area contributed by atoms with Gasteiger partial charge in [-0.15, -0.1) is 0 Å². The summed E-state index contributed by atoms with van der Waals surface area (Å²) in [6.07, 6.45) is 3.86. The largest absolute Gasteiger partial charge is 0.481 e. The standard InChI is InChI=1S/C13H20O4/c1-8(10(14)15)11-2-9-3-12(16,5-11)7-13(17,4-9)6-11/h8-9,16-17H,2-7H2,1H3,(H,14,15)/t8-,9?,11?,12?,13?/m1/s1. The van der Waals surface area contributed by atoms with E-state index in [0.717, 1.165) is 19.3 Å². The van der Waals surface area contributed by atoms with E-state index in [1.807, 2.05) is 0 Å². The van der Waals surface area contributed by atoms with E-state index in [4.69, 9.17) is 0 Å². The predicted octanol–water partition coefficient (Wildman–Crippen LogP) is 1.15. The summed E-state index contributed by atoms with van der Waals surface area (Å²) in [4.78, 5) is 11.3. The van der Waals surface area contributed by atoms with Crippen LogP contribution in [-0.4, -0.2) is 32.5 Å². The summed E-state index contributed by atoms with van der Waals surface area (Å²) in [5, 5.41) is 30.3. The highest BCUT2D eigenvalue weighted by atomic mass is 16.4. The first-order chi connectivity index (χ1) is 7.76. The van der Waals surface area contributed by atoms with Gasteiger partial charge < -0.3 is 15.3 Å². The van der Waals surface area contributed by atoms with E-state index in [0.29, 0.717) is 25.2 Å². The van der Waals surface area contributed by atoms with Crippen molar-refractivity contribution < 1.29 is 20.1 Å². The zero-order valence-electron chi connectivity index (χ0n) is 10.1. The van der Waals surface area contributed by atoms with Gasteiger partial charge in [-0.2, -0.15) is 0 Å². The zero-order valence-corrected chi connectivity index (χ0v) is 10.1. The predicted molar refractivity (Wildman–Crippen MR) is 60.3 cm³/mol. The molecule has 4 aliphatic carbocycles. The molecule has 3 N–H and O–H groups in total. The second-order valence-corrected chi connectivity index (χ2v) is 6.88. The minimum Gasteiger partial charge on any atom is -0.481 e. The molecule has 0 aromatic carbocycles. The van der Waals surface area contributed by atoms with Gasteiger partial charge in [-0.3, -0.25) is 4.79 Å². The Balaban J connectivity index is 2.00. The molecule has 4 nitrogen and oxygen atoms in total. The van der Waals surface area contributed by atoms with Gasteiger partial charge in [0.15, 0.2) is 0 Å². The number of hydrogen-bond donors (Lipinski definition) is 3. The fraction of sp³-hybridized carbons (Fsp3) is 0.923. The summed E-state index contributed by atoms with van der Waals surface area (Å²) < 4.78 is 0. The van der Waals surface area contributed by atoms with Gasteiger partial charge in [0.05, 0.1) is 17.1 Å². The third-order valence-electron chi connectivity index (χ3n) is 5.34. The molecule has 0 radical (unpaired) electrons. The molecule has 0 heterocycles. The minimum atomic E-state index is -0.822. The second-order valence-electron chi connectivity index (χ2n) is 6.88. The van der Waals surface area contributed by atoms with E-state index < -0.39 is 28.5 Å². The second kappa shape index (κ2) is 3.04. The molecule has 0 saturated heterocycles. The highest BCUT2D eigenvalue weighted by molar-refractivity contribution is 5.70. The van der Waals surface area contributed by atoms with Crippen LogP contribution in [0, 0.1) is 17.3 Å². The zero-order chi connectivity index (χ0) is 12.5. The van der Waals surface area contributed by atoms with Crippen molar-refractivity contribution in [3.8, 4) is 0 Å². The maximum atomic E-state index is 11.3. The lowest BCUT2D eigenvalue weighted by atomic mass is 9.44. The van der Waals surface area contributed by atoms with Crippen LogP contribution in [-0.2, 0) is 4.79 Å². The maximum absolute atomic E-state index is 11.3. The number of carboxylic acid groups (broad SMARTS) is 1. The molecule has 0 aliphatic heterocycles. The minimum absolute atomic E-state index is 0.294. The Morgan fingerprint density at radius 3 is 2.06 bits per heavy atom. The molecule has 4 rings (SSSR count). The maximum Gasteiger partial charge on any atom is 0.306 e. The van der Waals surface area contributed by atoms with Gasteiger partial charge >= 0.3 is 5.97 Å². The van der Waals surface area contributed by atoms with Crippen LogP contribution in [0.25, 0.3) is 0 Å². The Bertz CT molecular complexity index is 360. The first-order valence-corrected chi connectivity index (χ1v) is 6.44. The van der Waals surface area contributed by atoms with E-state index in [1.165, 1.54) is 0 Å². The van der Waals surface area contributed by atoms with E-state index in [2.05, 4.69) is 0 Å². The molecule has 4 fully saturated rings. The number of hydrogen-bond acceptors (Lipinski definition) is 3. The molecular formula is C13H20O4. The fourth-order valence-corrected chi connectivity index (χ4v) is 5.15. The van der Waals surface area contributed by atoms with Crippen molar-refractivity contribution in [1.82, 2.24) is 0 Å². The summed E-state index contributed by atoms with van der Waals surface area (Å²) in [6, 6.07) is 0. The number of carbonyl (C=O) groups is 1. The van der Waals surface area contributed by atoms with E-state index >= 15 is 0 Å². The molecule has 4 saturated carbocycles. The summed E-state index contributed by atoms with van der Waals surface area (Å²) in [5.74, 6) is -0.994. The van der Waals surface area contributed by atoms with E-state index in [-0.39, 0.29) is 0 Å². The van der Waals surface area contributed by atoms with Crippen molar-refractivity contribution in [2.24, 2.45) is 17.3 Å². The van der Waals surface area contributed by atoms with Crippen molar-refractivity contribution in [2.75, 3.05) is 0 Å². The van der Waals surface area contributed by atoms with Crippen molar-refractivity contribution >= 4 is 5.97 Å². The molecule has 17 heavy (non-hydrogen) atoms. The van der Waals surface area contributed by atoms with Crippen molar-refractivity contribution in [1.29, 1.82) is 0 Å². The fourth-order valence-electron chi connectivity index (χ4n) is 5.15. The summed E-state index contributed by atoms with van der Waals surface area (Å²) in [7, 11) is 0. The highest BCUT2D eigenvalue weighted by Gasteiger charge is 2.64. The molecule has 96 valence electrons. The third kappa shape index (κ3) is 1.54. The lowest BCUT2D eigenvalue weighted by molar-refractivity contribution is -0.241. The van der Waals surface area contributed by atoms with Gasteiger partial charge in [-0.05, 0) is 43.4 Å². The van der Waals surface area contributed by atoms with Gasteiger partial charge in [0, 0.05) is 6.42 Å². The van der Waals surface area contributed by atoms with Crippen LogP contribution in [0.3, 0.4) is 0 Å². The highest BCUT2D eigenvalue weighted by Crippen LogP contribution is 2.65. The molecular weight excluding hydrogens is 220 g/mol. The number of rotatable bonds is 2. The van der Waals surface area contributed by atoms with Crippen LogP contribution in [0.1, 0.15) is 45.4 Å². The SMILES string of the molecule is C[C@H](C(=O)O)C12CC3CC(O)(CC(O)(C3)C1)C2. The summed E-state index contributed by atoms with van der Waals surface area (Å²) in [6.45, 7) is 1.72. The first-order valence-electron chi connectivity index (χ1n) is 6.44. The first kappa shape index (κ1) is 11.5. The van der Waals surface area contributed by atoms with Gasteiger partial charge in [0.25, 0.3) is 0 Å². The third-order valence-corrected chi connectivity index (χ3v) is 5.34. The lowest BCUT2D eigenvalue weighted by Gasteiger charge is -2.64. The van der Waals surface area contributed by atoms with Gasteiger partial charge in [-0.1, -0.05) is 6.92 Å². The van der Waals surface area contributed by atoms with Crippen LogP contribution in [0.2, 0.25) is 0 Å². The van der Waals surface area contributed by atoms with Gasteiger partial charge in [0.1, 0.15) is 0 Å². The van der Waals surface area contributed by atoms with Gasteiger partial charge in [0.2, 0.25) is 0 Å². The van der Waals surface area contributed by atoms with Crippen molar-refractivity contribution in [3.05, 3.63) is 0 Å². The average Bonchev–Trinajstić information content (AvgIpc) is 2.10.